The van der Waals surface area contributed by atoms with Gasteiger partial charge < -0.3 is 5.32 Å². The minimum absolute atomic E-state index is 0.880. The van der Waals surface area contributed by atoms with E-state index in [1.807, 2.05) is 7.05 Å². The Morgan fingerprint density at radius 3 is 1.85 bits per heavy atom. The maximum atomic E-state index is 3.14. The fraction of sp³-hybridized carbons (Fsp3) is 0.154. The van der Waals surface area contributed by atoms with Crippen molar-refractivity contribution in [3.05, 3.63) is 113 Å². The van der Waals surface area contributed by atoms with Gasteiger partial charge in [-0.3, -0.25) is 0 Å². The molecule has 0 unspecified atom stereocenters. The molecule has 0 saturated carbocycles. The van der Waals surface area contributed by atoms with E-state index in [9.17, 15) is 0 Å². The summed E-state index contributed by atoms with van der Waals surface area (Å²) in [6.07, 6.45) is 5.28. The van der Waals surface area contributed by atoms with Crippen molar-refractivity contribution < 1.29 is 0 Å². The molecule has 0 radical (unpaired) electrons. The predicted octanol–water partition coefficient (Wildman–Crippen LogP) is 6.29. The normalized spacial score (nSPS) is 12.2. The third-order valence-corrected chi connectivity index (χ3v) is 4.67. The summed E-state index contributed by atoms with van der Waals surface area (Å²) in [5.74, 6) is 0. The van der Waals surface area contributed by atoms with Gasteiger partial charge >= 0.3 is 0 Å². The Morgan fingerprint density at radius 2 is 1.30 bits per heavy atom. The minimum atomic E-state index is 0.880. The first-order valence-corrected chi connectivity index (χ1v) is 9.59. The van der Waals surface area contributed by atoms with Crippen molar-refractivity contribution in [3.63, 3.8) is 0 Å². The van der Waals surface area contributed by atoms with Crippen molar-refractivity contribution in [3.8, 4) is 0 Å². The number of nitrogens with one attached hydrogen (secondary N) is 1. The summed E-state index contributed by atoms with van der Waals surface area (Å²) in [5.41, 5.74) is 7.72. The number of hydrogen-bond acceptors (Lipinski definition) is 1. The fourth-order valence-electron chi connectivity index (χ4n) is 3.36. The second kappa shape index (κ2) is 9.70. The van der Waals surface area contributed by atoms with Crippen LogP contribution in [0.2, 0.25) is 0 Å². The van der Waals surface area contributed by atoms with Gasteiger partial charge in [0.1, 0.15) is 0 Å². The van der Waals surface area contributed by atoms with Gasteiger partial charge in [-0.1, -0.05) is 104 Å². The molecule has 0 aliphatic heterocycles. The highest BCUT2D eigenvalue weighted by Crippen LogP contribution is 2.34. The predicted molar refractivity (Wildman–Crippen MR) is 118 cm³/mol. The number of likely N-dealkylation sites (N-methyl/N-ethyl adjacent to an activating group) is 1. The zero-order chi connectivity index (χ0) is 18.9. The van der Waals surface area contributed by atoms with E-state index < -0.39 is 0 Å². The van der Waals surface area contributed by atoms with Crippen molar-refractivity contribution in [2.24, 2.45) is 0 Å². The van der Waals surface area contributed by atoms with Gasteiger partial charge in [-0.2, -0.15) is 0 Å². The molecule has 0 atom stereocenters. The minimum Gasteiger partial charge on any atom is -0.316 e. The van der Waals surface area contributed by atoms with Crippen LogP contribution in [0.4, 0.5) is 0 Å². The number of benzene rings is 3. The molecule has 1 N–H and O–H groups in total. The molecule has 0 heterocycles. The van der Waals surface area contributed by atoms with Gasteiger partial charge in [0, 0.05) is 6.54 Å². The summed E-state index contributed by atoms with van der Waals surface area (Å²) in [7, 11) is 1.96. The van der Waals surface area contributed by atoms with Crippen LogP contribution in [0, 0.1) is 0 Å². The van der Waals surface area contributed by atoms with Crippen molar-refractivity contribution in [2.45, 2.75) is 13.3 Å². The Bertz CT molecular complexity index is 888. The fourth-order valence-corrected chi connectivity index (χ4v) is 3.36. The monoisotopic (exact) mass is 353 g/mol. The Labute approximate surface area is 163 Å². The maximum Gasteiger partial charge on any atom is 0.0135 e. The third-order valence-electron chi connectivity index (χ3n) is 4.67. The molecule has 0 spiro atoms. The molecular formula is C26H27N. The van der Waals surface area contributed by atoms with Gasteiger partial charge in [0.25, 0.3) is 0 Å². The Kier molecular flexibility index (Phi) is 6.78. The number of hydrogen-bond donors (Lipinski definition) is 1. The highest BCUT2D eigenvalue weighted by molar-refractivity contribution is 5.98. The summed E-state index contributed by atoms with van der Waals surface area (Å²) in [4.78, 5) is 0. The molecule has 136 valence electrons. The Balaban J connectivity index is 2.10. The summed E-state index contributed by atoms with van der Waals surface area (Å²) >= 11 is 0. The molecule has 27 heavy (non-hydrogen) atoms. The first-order valence-electron chi connectivity index (χ1n) is 9.59. The lowest BCUT2D eigenvalue weighted by atomic mass is 9.88. The average molecular weight is 354 g/mol. The van der Waals surface area contributed by atoms with Gasteiger partial charge in [-0.25, -0.2) is 0 Å². The molecule has 1 nitrogen and oxygen atoms in total. The van der Waals surface area contributed by atoms with Crippen molar-refractivity contribution >= 4 is 17.2 Å². The molecule has 3 aromatic rings. The first kappa shape index (κ1) is 18.9. The van der Waals surface area contributed by atoms with Crippen molar-refractivity contribution in [2.75, 3.05) is 13.6 Å². The Hall–Kier alpha value is -2.90. The molecule has 0 amide bonds. The molecule has 3 rings (SSSR count). The van der Waals surface area contributed by atoms with Gasteiger partial charge in [0.05, 0.1) is 0 Å². The van der Waals surface area contributed by atoms with Crippen LogP contribution in [0.5, 0.6) is 0 Å². The highest BCUT2D eigenvalue weighted by Gasteiger charge is 2.12. The Morgan fingerprint density at radius 1 is 0.741 bits per heavy atom. The third kappa shape index (κ3) is 4.84. The average Bonchev–Trinajstić information content (AvgIpc) is 2.74. The molecule has 0 aromatic heterocycles. The molecule has 0 aliphatic carbocycles. The lowest BCUT2D eigenvalue weighted by Crippen LogP contribution is -2.03. The molecular weight excluding hydrogens is 326 g/mol. The maximum absolute atomic E-state index is 3.14. The molecule has 0 fully saturated rings. The van der Waals surface area contributed by atoms with Crippen LogP contribution >= 0.6 is 0 Å². The second-order valence-electron chi connectivity index (χ2n) is 6.52. The zero-order valence-electron chi connectivity index (χ0n) is 16.2. The van der Waals surface area contributed by atoms with Crippen LogP contribution < -0.4 is 5.32 Å². The topological polar surface area (TPSA) is 12.0 Å². The van der Waals surface area contributed by atoms with E-state index in [4.69, 9.17) is 0 Å². The van der Waals surface area contributed by atoms with Crippen LogP contribution in [-0.2, 0) is 0 Å². The van der Waals surface area contributed by atoms with Gasteiger partial charge in [-0.15, -0.1) is 0 Å². The summed E-state index contributed by atoms with van der Waals surface area (Å²) < 4.78 is 0. The van der Waals surface area contributed by atoms with E-state index in [1.54, 1.807) is 0 Å². The lowest BCUT2D eigenvalue weighted by molar-refractivity contribution is 0.922. The zero-order valence-corrected chi connectivity index (χ0v) is 16.2. The highest BCUT2D eigenvalue weighted by atomic mass is 14.8. The van der Waals surface area contributed by atoms with Crippen molar-refractivity contribution in [1.82, 2.24) is 5.32 Å². The van der Waals surface area contributed by atoms with E-state index in [2.05, 4.69) is 109 Å². The summed E-state index contributed by atoms with van der Waals surface area (Å²) in [6, 6.07) is 30.3. The number of rotatable bonds is 7. The van der Waals surface area contributed by atoms with E-state index >= 15 is 0 Å². The van der Waals surface area contributed by atoms with Gasteiger partial charge in [-0.05, 0) is 46.9 Å². The number of allylic oxidation sites excluding steroid dienone is 1. The van der Waals surface area contributed by atoms with Gasteiger partial charge in [0.15, 0.2) is 0 Å². The van der Waals surface area contributed by atoms with Crippen LogP contribution in [0.25, 0.3) is 17.2 Å². The van der Waals surface area contributed by atoms with Crippen LogP contribution in [0.15, 0.2) is 91.0 Å². The van der Waals surface area contributed by atoms with Crippen LogP contribution in [0.1, 0.15) is 35.6 Å². The van der Waals surface area contributed by atoms with Crippen LogP contribution in [-0.4, -0.2) is 13.6 Å². The summed E-state index contributed by atoms with van der Waals surface area (Å²) in [5, 5.41) is 3.14. The molecule has 0 aliphatic rings. The van der Waals surface area contributed by atoms with Gasteiger partial charge in [0.2, 0.25) is 0 Å². The first-order chi connectivity index (χ1) is 13.3. The van der Waals surface area contributed by atoms with Crippen molar-refractivity contribution in [1.29, 1.82) is 0 Å². The van der Waals surface area contributed by atoms with E-state index in [-0.39, 0.29) is 0 Å². The standard InChI is InChI=1S/C26H27N/c1-3-25(22-12-6-4-7-13-22)26(23-14-8-5-9-15-23)24-18-16-21(17-19-24)11-10-20-27-2/h4-19,27H,3,20H2,1-2H3. The molecule has 0 saturated heterocycles. The lowest BCUT2D eigenvalue weighted by Gasteiger charge is -2.16. The largest absolute Gasteiger partial charge is 0.316 e. The molecule has 3 aromatic carbocycles. The molecule has 1 heteroatoms. The smallest absolute Gasteiger partial charge is 0.0135 e. The SMILES string of the molecule is CCC(=C(c1ccccc1)c1ccc(C=CCNC)cc1)c1ccccc1. The van der Waals surface area contributed by atoms with E-state index in [1.165, 1.54) is 33.4 Å². The van der Waals surface area contributed by atoms with E-state index in [0.717, 1.165) is 13.0 Å². The molecule has 0 bridgehead atoms. The van der Waals surface area contributed by atoms with Crippen LogP contribution in [0.3, 0.4) is 0 Å². The summed E-state index contributed by atoms with van der Waals surface area (Å²) in [6.45, 7) is 3.12. The quantitative estimate of drug-likeness (QED) is 0.492. The second-order valence-corrected chi connectivity index (χ2v) is 6.52. The van der Waals surface area contributed by atoms with E-state index in [0.29, 0.717) is 0 Å².